The van der Waals surface area contributed by atoms with Gasteiger partial charge in [0.15, 0.2) is 0 Å². The fourth-order valence-corrected chi connectivity index (χ4v) is 4.93. The van der Waals surface area contributed by atoms with Crippen LogP contribution in [0.1, 0.15) is 18.4 Å². The summed E-state index contributed by atoms with van der Waals surface area (Å²) in [6.45, 7) is 6.54. The maximum Gasteiger partial charge on any atom is 0.131 e. The Balaban J connectivity index is 1.67. The number of anilines is 2. The highest BCUT2D eigenvalue weighted by Crippen LogP contribution is 2.34. The van der Waals surface area contributed by atoms with Gasteiger partial charge >= 0.3 is 0 Å². The highest BCUT2D eigenvalue weighted by molar-refractivity contribution is 7.98. The van der Waals surface area contributed by atoms with E-state index in [1.807, 2.05) is 75.4 Å². The standard InChI is InChI=1S/C32H30N2O2S/c1-5-35-30-20-24(23-11-17-28(37-4)18-12-23)19-29(31-21(2)36-22(3)32(30)31)34-27-15-13-26(14-16-27)33-25-9-7-6-8-10-25/h6-20,33H,5H2,1-4H3. The molecule has 1 heterocycles. The van der Waals surface area contributed by atoms with Crippen LogP contribution < -0.4 is 15.4 Å². The van der Waals surface area contributed by atoms with Crippen LogP contribution in [0, 0.1) is 13.8 Å². The van der Waals surface area contributed by atoms with Crippen LogP contribution in [0.2, 0.25) is 0 Å². The average molecular weight is 507 g/mol. The molecular formula is C32H30N2O2S. The molecule has 186 valence electrons. The Bertz CT molecular complexity index is 1590. The fourth-order valence-electron chi connectivity index (χ4n) is 4.52. The second-order valence-corrected chi connectivity index (χ2v) is 9.65. The molecule has 5 heteroatoms. The first kappa shape index (κ1) is 24.7. The number of nitrogens with zero attached hydrogens (tertiary/aromatic N) is 1. The molecule has 37 heavy (non-hydrogen) atoms. The molecule has 0 bridgehead atoms. The number of benzene rings is 3. The van der Waals surface area contributed by atoms with Gasteiger partial charge in [-0.2, -0.15) is 0 Å². The molecule has 0 amide bonds. The van der Waals surface area contributed by atoms with E-state index in [2.05, 4.69) is 48.0 Å². The van der Waals surface area contributed by atoms with Crippen LogP contribution in [0.5, 0.6) is 5.75 Å². The second-order valence-electron chi connectivity index (χ2n) is 8.77. The minimum Gasteiger partial charge on any atom is -0.493 e. The molecular weight excluding hydrogens is 476 g/mol. The summed E-state index contributed by atoms with van der Waals surface area (Å²) in [5.41, 5.74) is 5.09. The van der Waals surface area contributed by atoms with E-state index in [0.29, 0.717) is 6.61 Å². The van der Waals surface area contributed by atoms with Crippen LogP contribution in [0.15, 0.2) is 105 Å². The van der Waals surface area contributed by atoms with E-state index in [-0.39, 0.29) is 0 Å². The summed E-state index contributed by atoms with van der Waals surface area (Å²) in [4.78, 5) is 6.33. The molecule has 4 nitrogen and oxygen atoms in total. The van der Waals surface area contributed by atoms with Crippen molar-refractivity contribution >= 4 is 39.6 Å². The van der Waals surface area contributed by atoms with Crippen LogP contribution >= 0.6 is 11.8 Å². The lowest BCUT2D eigenvalue weighted by Gasteiger charge is -2.06. The molecule has 0 fully saturated rings. The number of ether oxygens (including phenoxy) is 1. The molecule has 0 unspecified atom stereocenters. The van der Waals surface area contributed by atoms with Crippen molar-refractivity contribution < 1.29 is 9.15 Å². The van der Waals surface area contributed by atoms with Crippen molar-refractivity contribution in [1.29, 1.82) is 0 Å². The minimum absolute atomic E-state index is 0.565. The molecule has 0 saturated carbocycles. The second kappa shape index (κ2) is 11.0. The lowest BCUT2D eigenvalue weighted by Crippen LogP contribution is -2.00. The maximum absolute atomic E-state index is 6.14. The Kier molecular flexibility index (Phi) is 7.33. The lowest BCUT2D eigenvalue weighted by molar-refractivity contribution is 0.344. The third-order valence-corrected chi connectivity index (χ3v) is 6.99. The summed E-state index contributed by atoms with van der Waals surface area (Å²) in [7, 11) is 0. The zero-order valence-electron chi connectivity index (χ0n) is 21.5. The summed E-state index contributed by atoms with van der Waals surface area (Å²) in [5, 5.41) is 6.22. The SMILES string of the molecule is CCOc1cc(-c2ccc(SC)cc2)cc(=Nc2ccc(Nc3ccccc3)cc2)c2c(C)oc(C)c12. The van der Waals surface area contributed by atoms with Gasteiger partial charge in [0.25, 0.3) is 0 Å². The summed E-state index contributed by atoms with van der Waals surface area (Å²) in [6, 6.07) is 31.1. The van der Waals surface area contributed by atoms with Crippen molar-refractivity contribution in [3.05, 3.63) is 108 Å². The predicted molar refractivity (Wildman–Crippen MR) is 155 cm³/mol. The quantitative estimate of drug-likeness (QED) is 0.224. The number of rotatable bonds is 7. The van der Waals surface area contributed by atoms with Crippen molar-refractivity contribution in [3.8, 4) is 16.9 Å². The summed E-state index contributed by atoms with van der Waals surface area (Å²) >= 11 is 1.74. The molecule has 0 aliphatic heterocycles. The van der Waals surface area contributed by atoms with E-state index in [1.165, 1.54) is 4.90 Å². The molecule has 0 saturated heterocycles. The molecule has 0 spiro atoms. The first-order valence-corrected chi connectivity index (χ1v) is 13.6. The van der Waals surface area contributed by atoms with Gasteiger partial charge in [0, 0.05) is 16.3 Å². The summed E-state index contributed by atoms with van der Waals surface area (Å²) in [6.07, 6.45) is 2.09. The molecule has 4 aromatic carbocycles. The van der Waals surface area contributed by atoms with Crippen molar-refractivity contribution in [2.45, 2.75) is 25.7 Å². The Morgan fingerprint density at radius 3 is 2.14 bits per heavy atom. The minimum atomic E-state index is 0.565. The van der Waals surface area contributed by atoms with E-state index in [0.717, 1.165) is 61.6 Å². The van der Waals surface area contributed by atoms with Crippen LogP contribution in [-0.4, -0.2) is 12.9 Å². The fraction of sp³-hybridized carbons (Fsp3) is 0.156. The van der Waals surface area contributed by atoms with Crippen LogP contribution in [0.3, 0.4) is 0 Å². The Morgan fingerprint density at radius 2 is 1.46 bits per heavy atom. The van der Waals surface area contributed by atoms with Crippen molar-refractivity contribution in [2.75, 3.05) is 18.2 Å². The number of thioether (sulfide) groups is 1. The Labute approximate surface area is 222 Å². The molecule has 1 N–H and O–H groups in total. The van der Waals surface area contributed by atoms with Crippen LogP contribution in [-0.2, 0) is 0 Å². The molecule has 5 rings (SSSR count). The van der Waals surface area contributed by atoms with Gasteiger partial charge in [-0.15, -0.1) is 11.8 Å². The molecule has 0 radical (unpaired) electrons. The van der Waals surface area contributed by atoms with Gasteiger partial charge in [0.1, 0.15) is 17.3 Å². The van der Waals surface area contributed by atoms with Crippen LogP contribution in [0.4, 0.5) is 17.1 Å². The van der Waals surface area contributed by atoms with Gasteiger partial charge in [-0.1, -0.05) is 30.3 Å². The van der Waals surface area contributed by atoms with Crippen molar-refractivity contribution in [2.24, 2.45) is 4.99 Å². The summed E-state index contributed by atoms with van der Waals surface area (Å²) in [5.74, 6) is 2.46. The van der Waals surface area contributed by atoms with E-state index < -0.39 is 0 Å². The zero-order chi connectivity index (χ0) is 25.8. The molecule has 5 aromatic rings. The largest absolute Gasteiger partial charge is 0.493 e. The zero-order valence-corrected chi connectivity index (χ0v) is 22.4. The Hall–Kier alpha value is -3.96. The van der Waals surface area contributed by atoms with Crippen molar-refractivity contribution in [1.82, 2.24) is 0 Å². The highest BCUT2D eigenvalue weighted by atomic mass is 32.2. The molecule has 1 aromatic heterocycles. The van der Waals surface area contributed by atoms with Crippen LogP contribution in [0.25, 0.3) is 21.9 Å². The lowest BCUT2D eigenvalue weighted by atomic mass is 10.1. The topological polar surface area (TPSA) is 46.8 Å². The number of para-hydroxylation sites is 1. The number of hydrogen-bond donors (Lipinski definition) is 1. The first-order valence-electron chi connectivity index (χ1n) is 12.4. The van der Waals surface area contributed by atoms with Gasteiger partial charge in [0.2, 0.25) is 0 Å². The number of fused-ring (bicyclic) bond motifs is 1. The number of hydrogen-bond acceptors (Lipinski definition) is 5. The monoisotopic (exact) mass is 506 g/mol. The number of furan rings is 1. The van der Waals surface area contributed by atoms with E-state index in [1.54, 1.807) is 11.8 Å². The molecule has 0 atom stereocenters. The molecule has 0 aliphatic rings. The number of aryl methyl sites for hydroxylation is 2. The predicted octanol–water partition coefficient (Wildman–Crippen LogP) is 8.81. The van der Waals surface area contributed by atoms with E-state index in [4.69, 9.17) is 14.1 Å². The third-order valence-electron chi connectivity index (χ3n) is 6.24. The average Bonchev–Trinajstić information content (AvgIpc) is 3.12. The number of nitrogens with one attached hydrogen (secondary N) is 1. The first-order chi connectivity index (χ1) is 18.1. The van der Waals surface area contributed by atoms with E-state index in [9.17, 15) is 0 Å². The van der Waals surface area contributed by atoms with Gasteiger partial charge < -0.3 is 14.5 Å². The van der Waals surface area contributed by atoms with Crippen molar-refractivity contribution in [3.63, 3.8) is 0 Å². The Morgan fingerprint density at radius 1 is 0.784 bits per heavy atom. The van der Waals surface area contributed by atoms with Gasteiger partial charge in [0.05, 0.1) is 28.4 Å². The maximum atomic E-state index is 6.14. The summed E-state index contributed by atoms with van der Waals surface area (Å²) < 4.78 is 12.2. The molecule has 0 aliphatic carbocycles. The van der Waals surface area contributed by atoms with Gasteiger partial charge in [-0.3, -0.25) is 0 Å². The third kappa shape index (κ3) is 5.42. The normalized spacial score (nSPS) is 11.6. The highest BCUT2D eigenvalue weighted by Gasteiger charge is 2.15. The van der Waals surface area contributed by atoms with E-state index >= 15 is 0 Å². The van der Waals surface area contributed by atoms with Gasteiger partial charge in [-0.05, 0) is 98.8 Å². The smallest absolute Gasteiger partial charge is 0.131 e. The van der Waals surface area contributed by atoms with Gasteiger partial charge in [-0.25, -0.2) is 4.99 Å².